The summed E-state index contributed by atoms with van der Waals surface area (Å²) < 4.78 is 28.2. The number of anilines is 2. The molecule has 7 heteroatoms. The van der Waals surface area contributed by atoms with Crippen molar-refractivity contribution < 1.29 is 13.2 Å². The van der Waals surface area contributed by atoms with Gasteiger partial charge in [-0.1, -0.05) is 60.1 Å². The average molecular weight is 453 g/mol. The van der Waals surface area contributed by atoms with Crippen molar-refractivity contribution >= 4 is 44.5 Å². The van der Waals surface area contributed by atoms with Crippen LogP contribution < -0.4 is 9.62 Å². The van der Waals surface area contributed by atoms with Gasteiger partial charge < -0.3 is 5.32 Å². The van der Waals surface area contributed by atoms with Gasteiger partial charge in [0.15, 0.2) is 4.91 Å². The van der Waals surface area contributed by atoms with Gasteiger partial charge in [-0.15, -0.1) is 0 Å². The Balaban J connectivity index is 2.01. The molecule has 5 nitrogen and oxygen atoms in total. The number of carbonyl (C=O) groups excluding carboxylic acids is 1. The molecule has 1 N–H and O–H groups in total. The van der Waals surface area contributed by atoms with Crippen molar-refractivity contribution in [1.82, 2.24) is 0 Å². The molecular weight excluding hydrogens is 432 g/mol. The minimum absolute atomic E-state index is 0.307. The number of hydrogen-bond donors (Lipinski definition) is 1. The van der Waals surface area contributed by atoms with Gasteiger partial charge in [0, 0.05) is 28.9 Å². The molecule has 1 aliphatic rings. The van der Waals surface area contributed by atoms with Crippen LogP contribution >= 0.6 is 11.6 Å². The first-order valence-electron chi connectivity index (χ1n) is 9.68. The Morgan fingerprint density at radius 1 is 0.935 bits per heavy atom. The van der Waals surface area contributed by atoms with E-state index in [4.69, 9.17) is 11.6 Å². The number of carbonyl (C=O) groups is 1. The van der Waals surface area contributed by atoms with Gasteiger partial charge in [-0.05, 0) is 48.7 Å². The molecule has 4 rings (SSSR count). The van der Waals surface area contributed by atoms with E-state index in [1.54, 1.807) is 42.5 Å². The normalized spacial score (nSPS) is 14.9. The van der Waals surface area contributed by atoms with Crippen LogP contribution in [0.3, 0.4) is 0 Å². The summed E-state index contributed by atoms with van der Waals surface area (Å²) in [5, 5.41) is 3.29. The summed E-state index contributed by atoms with van der Waals surface area (Å²) in [5.41, 5.74) is 4.30. The second kappa shape index (κ2) is 7.87. The van der Waals surface area contributed by atoms with Crippen LogP contribution in [-0.4, -0.2) is 21.4 Å². The lowest BCUT2D eigenvalue weighted by atomic mass is 9.95. The zero-order valence-electron chi connectivity index (χ0n) is 17.3. The SMILES string of the molecule is Cc1cccc(C)c1NC(=O)C1=C(c2ccccc2)c2cc(Cl)ccc2N(C)S1(=O)=O. The van der Waals surface area contributed by atoms with E-state index in [2.05, 4.69) is 5.32 Å². The lowest BCUT2D eigenvalue weighted by Gasteiger charge is -2.31. The largest absolute Gasteiger partial charge is 0.321 e. The lowest BCUT2D eigenvalue weighted by Crippen LogP contribution is -2.37. The van der Waals surface area contributed by atoms with Crippen molar-refractivity contribution in [2.45, 2.75) is 13.8 Å². The van der Waals surface area contributed by atoms with E-state index in [0.29, 0.717) is 33.1 Å². The minimum atomic E-state index is -4.11. The van der Waals surface area contributed by atoms with Crippen LogP contribution in [0.1, 0.15) is 22.3 Å². The van der Waals surface area contributed by atoms with E-state index in [9.17, 15) is 13.2 Å². The Morgan fingerprint density at radius 2 is 1.58 bits per heavy atom. The fourth-order valence-electron chi connectivity index (χ4n) is 3.80. The molecule has 0 saturated heterocycles. The highest BCUT2D eigenvalue weighted by molar-refractivity contribution is 7.97. The maximum atomic E-state index is 13.5. The number of para-hydroxylation sites is 1. The molecule has 0 fully saturated rings. The van der Waals surface area contributed by atoms with Gasteiger partial charge >= 0.3 is 0 Å². The van der Waals surface area contributed by atoms with E-state index in [-0.39, 0.29) is 4.91 Å². The van der Waals surface area contributed by atoms with Crippen molar-refractivity contribution in [3.05, 3.63) is 98.9 Å². The van der Waals surface area contributed by atoms with Crippen molar-refractivity contribution in [2.75, 3.05) is 16.7 Å². The van der Waals surface area contributed by atoms with E-state index in [0.717, 1.165) is 15.4 Å². The highest BCUT2D eigenvalue weighted by Gasteiger charge is 2.40. The molecule has 3 aromatic carbocycles. The van der Waals surface area contributed by atoms with Crippen LogP contribution in [0.5, 0.6) is 0 Å². The molecule has 0 radical (unpaired) electrons. The fourth-order valence-corrected chi connectivity index (χ4v) is 5.44. The fraction of sp³-hybridized carbons (Fsp3) is 0.125. The topological polar surface area (TPSA) is 66.5 Å². The standard InChI is InChI=1S/C24H21ClN2O3S/c1-15-8-7-9-16(2)22(15)26-24(28)23-21(17-10-5-4-6-11-17)19-14-18(25)12-13-20(19)27(3)31(23,29)30/h4-14H,1-3H3,(H,26,28). The van der Waals surface area contributed by atoms with Gasteiger partial charge in [-0.25, -0.2) is 8.42 Å². The smallest absolute Gasteiger partial charge is 0.270 e. The summed E-state index contributed by atoms with van der Waals surface area (Å²) in [4.78, 5) is 13.2. The molecule has 1 heterocycles. The third kappa shape index (κ3) is 3.62. The van der Waals surface area contributed by atoms with Crippen LogP contribution in [0.2, 0.25) is 5.02 Å². The third-order valence-electron chi connectivity index (χ3n) is 5.40. The van der Waals surface area contributed by atoms with Crippen LogP contribution in [0.25, 0.3) is 5.57 Å². The van der Waals surface area contributed by atoms with Crippen molar-refractivity contribution in [2.24, 2.45) is 0 Å². The highest BCUT2D eigenvalue weighted by atomic mass is 35.5. The number of benzene rings is 3. The van der Waals surface area contributed by atoms with Crippen molar-refractivity contribution in [3.8, 4) is 0 Å². The number of nitrogens with one attached hydrogen (secondary N) is 1. The van der Waals surface area contributed by atoms with Gasteiger partial charge in [0.1, 0.15) is 0 Å². The summed E-state index contributed by atoms with van der Waals surface area (Å²) in [6.07, 6.45) is 0. The Hall–Kier alpha value is -3.09. The van der Waals surface area contributed by atoms with Crippen molar-refractivity contribution in [3.63, 3.8) is 0 Å². The summed E-state index contributed by atoms with van der Waals surface area (Å²) in [6, 6.07) is 19.6. The number of rotatable bonds is 3. The number of sulfonamides is 1. The first-order valence-corrected chi connectivity index (χ1v) is 11.5. The molecule has 0 unspecified atom stereocenters. The van der Waals surface area contributed by atoms with Crippen LogP contribution in [0.15, 0.2) is 71.6 Å². The summed E-state index contributed by atoms with van der Waals surface area (Å²) in [7, 11) is -2.67. The van der Waals surface area contributed by atoms with Gasteiger partial charge in [0.2, 0.25) is 0 Å². The summed E-state index contributed by atoms with van der Waals surface area (Å²) in [6.45, 7) is 3.73. The quantitative estimate of drug-likeness (QED) is 0.598. The second-order valence-electron chi connectivity index (χ2n) is 7.43. The summed E-state index contributed by atoms with van der Waals surface area (Å²) in [5.74, 6) is -0.686. The molecule has 0 atom stereocenters. The molecule has 1 amide bonds. The first kappa shape index (κ1) is 21.2. The molecular formula is C24H21ClN2O3S. The molecule has 0 aromatic heterocycles. The predicted octanol–water partition coefficient (Wildman–Crippen LogP) is 5.13. The van der Waals surface area contributed by atoms with E-state index < -0.39 is 15.9 Å². The third-order valence-corrected chi connectivity index (χ3v) is 7.46. The molecule has 0 saturated carbocycles. The van der Waals surface area contributed by atoms with Gasteiger partial charge in [0.05, 0.1) is 5.69 Å². The van der Waals surface area contributed by atoms with Gasteiger partial charge in [-0.2, -0.15) is 0 Å². The van der Waals surface area contributed by atoms with Gasteiger partial charge in [0.25, 0.3) is 15.9 Å². The molecule has 31 heavy (non-hydrogen) atoms. The van der Waals surface area contributed by atoms with E-state index in [1.807, 2.05) is 38.1 Å². The zero-order chi connectivity index (χ0) is 22.3. The predicted molar refractivity (Wildman–Crippen MR) is 126 cm³/mol. The molecule has 158 valence electrons. The number of hydrogen-bond acceptors (Lipinski definition) is 3. The molecule has 3 aromatic rings. The van der Waals surface area contributed by atoms with Crippen LogP contribution in [-0.2, 0) is 14.8 Å². The molecule has 0 aliphatic carbocycles. The highest BCUT2D eigenvalue weighted by Crippen LogP contribution is 2.43. The van der Waals surface area contributed by atoms with Crippen LogP contribution in [0, 0.1) is 13.8 Å². The molecule has 1 aliphatic heterocycles. The van der Waals surface area contributed by atoms with Gasteiger partial charge in [-0.3, -0.25) is 9.10 Å². The number of fused-ring (bicyclic) bond motifs is 1. The average Bonchev–Trinajstić information content (AvgIpc) is 2.73. The minimum Gasteiger partial charge on any atom is -0.321 e. The number of halogens is 1. The second-order valence-corrected chi connectivity index (χ2v) is 9.77. The number of nitrogens with zero attached hydrogens (tertiary/aromatic N) is 1. The number of aryl methyl sites for hydroxylation is 2. The van der Waals surface area contributed by atoms with Crippen LogP contribution in [0.4, 0.5) is 11.4 Å². The maximum absolute atomic E-state index is 13.5. The molecule has 0 bridgehead atoms. The maximum Gasteiger partial charge on any atom is 0.270 e. The summed E-state index contributed by atoms with van der Waals surface area (Å²) >= 11 is 6.26. The lowest BCUT2D eigenvalue weighted by molar-refractivity contribution is -0.112. The van der Waals surface area contributed by atoms with E-state index in [1.165, 1.54) is 7.05 Å². The van der Waals surface area contributed by atoms with E-state index >= 15 is 0 Å². The molecule has 0 spiro atoms. The Kier molecular flexibility index (Phi) is 5.37. The zero-order valence-corrected chi connectivity index (χ0v) is 18.9. The Bertz CT molecular complexity index is 1310. The Morgan fingerprint density at radius 3 is 2.23 bits per heavy atom. The Labute approximate surface area is 187 Å². The first-order chi connectivity index (χ1) is 14.7. The monoisotopic (exact) mass is 452 g/mol. The number of amides is 1. The van der Waals surface area contributed by atoms with Crippen molar-refractivity contribution in [1.29, 1.82) is 0 Å².